The minimum atomic E-state index is -0.751. The molecule has 4 nitrogen and oxygen atoms in total. The number of nitrogens with two attached hydrogens (primary N) is 1. The predicted octanol–water partition coefficient (Wildman–Crippen LogP) is 0.807. The summed E-state index contributed by atoms with van der Waals surface area (Å²) in [7, 11) is 0. The third-order valence-electron chi connectivity index (χ3n) is 2.13. The van der Waals surface area contributed by atoms with Gasteiger partial charge in [0, 0.05) is 0 Å². The second-order valence-electron chi connectivity index (χ2n) is 2.96. The van der Waals surface area contributed by atoms with E-state index in [2.05, 4.69) is 4.99 Å². The van der Waals surface area contributed by atoms with Crippen LogP contribution in [0.5, 0.6) is 0 Å². The van der Waals surface area contributed by atoms with E-state index in [-0.39, 0.29) is 11.9 Å². The first kappa shape index (κ1) is 9.03. The van der Waals surface area contributed by atoms with Gasteiger partial charge in [-0.05, 0) is 12.8 Å². The van der Waals surface area contributed by atoms with Crippen LogP contribution in [0.1, 0.15) is 33.1 Å². The minimum Gasteiger partial charge on any atom is -0.448 e. The number of hydrogen-bond donors (Lipinski definition) is 1. The van der Waals surface area contributed by atoms with Gasteiger partial charge >= 0.3 is 0 Å². The van der Waals surface area contributed by atoms with Gasteiger partial charge in [0.1, 0.15) is 0 Å². The Morgan fingerprint density at radius 2 is 2.25 bits per heavy atom. The summed E-state index contributed by atoms with van der Waals surface area (Å²) in [4.78, 5) is 14.9. The van der Waals surface area contributed by atoms with Gasteiger partial charge in [0.2, 0.25) is 0 Å². The van der Waals surface area contributed by atoms with Gasteiger partial charge in [-0.2, -0.15) is 4.99 Å². The van der Waals surface area contributed by atoms with Crippen molar-refractivity contribution in [1.82, 2.24) is 0 Å². The number of amides is 1. The van der Waals surface area contributed by atoms with E-state index < -0.39 is 5.60 Å². The summed E-state index contributed by atoms with van der Waals surface area (Å²) >= 11 is 0. The fourth-order valence-electron chi connectivity index (χ4n) is 1.43. The van der Waals surface area contributed by atoms with E-state index in [1.165, 1.54) is 0 Å². The molecule has 0 saturated carbocycles. The maximum atomic E-state index is 11.3. The van der Waals surface area contributed by atoms with Gasteiger partial charge in [-0.15, -0.1) is 0 Å². The lowest BCUT2D eigenvalue weighted by molar-refractivity contribution is -0.131. The molecule has 0 aliphatic carbocycles. The Kier molecular flexibility index (Phi) is 2.35. The van der Waals surface area contributed by atoms with Gasteiger partial charge in [-0.25, -0.2) is 0 Å². The van der Waals surface area contributed by atoms with Crippen molar-refractivity contribution in [3.8, 4) is 0 Å². The average Bonchev–Trinajstić information content (AvgIpc) is 2.28. The molecule has 0 spiro atoms. The summed E-state index contributed by atoms with van der Waals surface area (Å²) in [5, 5.41) is 0. The zero-order valence-corrected chi connectivity index (χ0v) is 7.46. The summed E-state index contributed by atoms with van der Waals surface area (Å²) in [5.74, 6) is -0.232. The van der Waals surface area contributed by atoms with Gasteiger partial charge in [0.25, 0.3) is 11.9 Å². The van der Waals surface area contributed by atoms with E-state index in [9.17, 15) is 4.79 Å². The highest BCUT2D eigenvalue weighted by Crippen LogP contribution is 2.27. The Balaban J connectivity index is 2.77. The number of carbonyl (C=O) groups excluding carboxylic acids is 1. The lowest BCUT2D eigenvalue weighted by Crippen LogP contribution is -2.37. The Bertz CT molecular complexity index is 225. The van der Waals surface area contributed by atoms with Crippen molar-refractivity contribution in [2.75, 3.05) is 0 Å². The Hall–Kier alpha value is -1.06. The first-order valence-electron chi connectivity index (χ1n) is 4.22. The fraction of sp³-hybridized carbons (Fsp3) is 0.750. The molecule has 68 valence electrons. The largest absolute Gasteiger partial charge is 0.448 e. The lowest BCUT2D eigenvalue weighted by Gasteiger charge is -2.23. The Morgan fingerprint density at radius 1 is 1.58 bits per heavy atom. The second kappa shape index (κ2) is 3.13. The fourth-order valence-corrected chi connectivity index (χ4v) is 1.43. The van der Waals surface area contributed by atoms with E-state index in [4.69, 9.17) is 10.5 Å². The maximum Gasteiger partial charge on any atom is 0.294 e. The summed E-state index contributed by atoms with van der Waals surface area (Å²) in [6.07, 6.45) is 2.21. The van der Waals surface area contributed by atoms with Gasteiger partial charge in [-0.1, -0.05) is 20.3 Å². The smallest absolute Gasteiger partial charge is 0.294 e. The molecule has 0 radical (unpaired) electrons. The van der Waals surface area contributed by atoms with Crippen molar-refractivity contribution >= 4 is 11.9 Å². The van der Waals surface area contributed by atoms with Crippen LogP contribution < -0.4 is 5.73 Å². The number of amidine groups is 1. The highest BCUT2D eigenvalue weighted by Gasteiger charge is 2.43. The summed E-state index contributed by atoms with van der Waals surface area (Å²) in [6, 6.07) is 0.00954. The molecular formula is C8H14N2O2. The van der Waals surface area contributed by atoms with E-state index >= 15 is 0 Å². The van der Waals surface area contributed by atoms with Crippen LogP contribution in [0.2, 0.25) is 0 Å². The standard InChI is InChI=1S/C8H14N2O2/c1-3-5-8(4-2)6(11)10-7(9)12-8/h3-5H2,1-2H3,(H2,9,10,11). The summed E-state index contributed by atoms with van der Waals surface area (Å²) in [5.41, 5.74) is 4.56. The topological polar surface area (TPSA) is 64.7 Å². The number of hydrogen-bond acceptors (Lipinski definition) is 3. The van der Waals surface area contributed by atoms with Crippen LogP contribution in [0.4, 0.5) is 0 Å². The molecule has 0 aromatic heterocycles. The Labute approximate surface area is 71.8 Å². The van der Waals surface area contributed by atoms with Gasteiger partial charge in [0.15, 0.2) is 5.60 Å². The zero-order chi connectivity index (χ0) is 9.19. The van der Waals surface area contributed by atoms with Crippen molar-refractivity contribution in [2.45, 2.75) is 38.7 Å². The second-order valence-corrected chi connectivity index (χ2v) is 2.96. The molecule has 0 aromatic carbocycles. The maximum absolute atomic E-state index is 11.3. The van der Waals surface area contributed by atoms with Crippen molar-refractivity contribution in [1.29, 1.82) is 0 Å². The van der Waals surface area contributed by atoms with Crippen molar-refractivity contribution < 1.29 is 9.53 Å². The quantitative estimate of drug-likeness (QED) is 0.681. The third kappa shape index (κ3) is 1.29. The molecule has 1 heterocycles. The first-order valence-corrected chi connectivity index (χ1v) is 4.22. The molecule has 0 saturated heterocycles. The highest BCUT2D eigenvalue weighted by atomic mass is 16.5. The highest BCUT2D eigenvalue weighted by molar-refractivity contribution is 6.00. The molecule has 2 N–H and O–H groups in total. The van der Waals surface area contributed by atoms with E-state index in [1.807, 2.05) is 13.8 Å². The molecule has 1 aliphatic rings. The number of aliphatic imine (C=N–C) groups is 1. The molecule has 12 heavy (non-hydrogen) atoms. The van der Waals surface area contributed by atoms with E-state index in [0.29, 0.717) is 12.8 Å². The molecule has 4 heteroatoms. The van der Waals surface area contributed by atoms with E-state index in [0.717, 1.165) is 6.42 Å². The summed E-state index contributed by atoms with van der Waals surface area (Å²) < 4.78 is 5.23. The zero-order valence-electron chi connectivity index (χ0n) is 7.46. The molecule has 1 atom stereocenters. The minimum absolute atomic E-state index is 0.00954. The molecule has 1 amide bonds. The number of nitrogens with zero attached hydrogens (tertiary/aromatic N) is 1. The van der Waals surface area contributed by atoms with Crippen LogP contribution in [0.25, 0.3) is 0 Å². The van der Waals surface area contributed by atoms with Crippen molar-refractivity contribution in [3.63, 3.8) is 0 Å². The molecule has 0 bridgehead atoms. The lowest BCUT2D eigenvalue weighted by atomic mass is 9.94. The molecule has 1 rings (SSSR count). The number of carbonyl (C=O) groups is 1. The SMILES string of the molecule is CCCC1(CC)OC(N)=NC1=O. The molecular weight excluding hydrogens is 156 g/mol. The van der Waals surface area contributed by atoms with Crippen LogP contribution in [0, 0.1) is 0 Å². The van der Waals surface area contributed by atoms with Crippen LogP contribution in [-0.2, 0) is 9.53 Å². The Morgan fingerprint density at radius 3 is 2.58 bits per heavy atom. The number of rotatable bonds is 3. The monoisotopic (exact) mass is 170 g/mol. The molecule has 0 fully saturated rings. The van der Waals surface area contributed by atoms with Crippen LogP contribution in [0.15, 0.2) is 4.99 Å². The molecule has 0 aromatic rings. The average molecular weight is 170 g/mol. The third-order valence-corrected chi connectivity index (χ3v) is 2.13. The van der Waals surface area contributed by atoms with Crippen LogP contribution >= 0.6 is 0 Å². The van der Waals surface area contributed by atoms with Gasteiger partial charge in [-0.3, -0.25) is 4.79 Å². The predicted molar refractivity (Wildman–Crippen MR) is 45.6 cm³/mol. The van der Waals surface area contributed by atoms with E-state index in [1.54, 1.807) is 0 Å². The van der Waals surface area contributed by atoms with Gasteiger partial charge in [0.05, 0.1) is 0 Å². The summed E-state index contributed by atoms with van der Waals surface area (Å²) in [6.45, 7) is 3.91. The van der Waals surface area contributed by atoms with Crippen LogP contribution in [-0.4, -0.2) is 17.5 Å². The normalized spacial score (nSPS) is 28.5. The molecule has 1 unspecified atom stereocenters. The number of ether oxygens (including phenoxy) is 1. The van der Waals surface area contributed by atoms with Crippen LogP contribution in [0.3, 0.4) is 0 Å². The molecule has 1 aliphatic heterocycles. The van der Waals surface area contributed by atoms with Gasteiger partial charge < -0.3 is 10.5 Å². The first-order chi connectivity index (χ1) is 5.64. The van der Waals surface area contributed by atoms with Crippen molar-refractivity contribution in [2.24, 2.45) is 10.7 Å². The van der Waals surface area contributed by atoms with Crippen molar-refractivity contribution in [3.05, 3.63) is 0 Å².